The Labute approximate surface area is 166 Å². The average molecular weight is 435 g/mol. The molecule has 2 aromatic carbocycles. The van der Waals surface area contributed by atoms with Gasteiger partial charge in [0.15, 0.2) is 0 Å². The molecule has 0 radical (unpaired) electrons. The van der Waals surface area contributed by atoms with Crippen LogP contribution < -0.4 is 0 Å². The van der Waals surface area contributed by atoms with Gasteiger partial charge in [0.2, 0.25) is 0 Å². The number of amides is 1. The summed E-state index contributed by atoms with van der Waals surface area (Å²) in [6.07, 6.45) is 0. The van der Waals surface area contributed by atoms with Crippen LogP contribution in [-0.2, 0) is 13.6 Å². The Kier molecular flexibility index (Phi) is 5.68. The fraction of sp³-hybridized carbons (Fsp3) is 0.300. The van der Waals surface area contributed by atoms with E-state index in [9.17, 15) is 4.79 Å². The van der Waals surface area contributed by atoms with E-state index < -0.39 is 0 Å². The average Bonchev–Trinajstić information content (AvgIpc) is 2.89. The molecular weight excluding hydrogens is 414 g/mol. The first-order valence-electron chi connectivity index (χ1n) is 8.51. The molecule has 3 rings (SSSR count). The molecule has 0 aliphatic carbocycles. The number of aromatic nitrogens is 2. The van der Waals surface area contributed by atoms with Gasteiger partial charge >= 0.3 is 0 Å². The van der Waals surface area contributed by atoms with Gasteiger partial charge in [-0.25, -0.2) is 4.98 Å². The van der Waals surface area contributed by atoms with E-state index in [2.05, 4.69) is 29.8 Å². The summed E-state index contributed by atoms with van der Waals surface area (Å²) in [7, 11) is 1.96. The van der Waals surface area contributed by atoms with Crippen molar-refractivity contribution in [3.05, 3.63) is 63.3 Å². The van der Waals surface area contributed by atoms with E-state index in [0.717, 1.165) is 21.3 Å². The smallest absolute Gasteiger partial charge is 0.254 e. The van der Waals surface area contributed by atoms with E-state index in [1.165, 1.54) is 0 Å². The largest absolute Gasteiger partial charge is 0.331 e. The van der Waals surface area contributed by atoms with E-state index in [-0.39, 0.29) is 5.91 Å². The molecule has 0 unspecified atom stereocenters. The number of carbonyl (C=O) groups is 1. The molecule has 0 saturated heterocycles. The molecule has 4 nitrogen and oxygen atoms in total. The molecule has 0 aliphatic heterocycles. The normalized spacial score (nSPS) is 11.3. The summed E-state index contributed by atoms with van der Waals surface area (Å²) >= 11 is 9.55. The summed E-state index contributed by atoms with van der Waals surface area (Å²) in [5.74, 6) is 1.20. The number of hydrogen-bond donors (Lipinski definition) is 0. The molecule has 0 bridgehead atoms. The molecule has 0 N–H and O–H groups in total. The second-order valence-corrected chi connectivity index (χ2v) is 8.16. The Morgan fingerprint density at radius 1 is 1.27 bits per heavy atom. The highest BCUT2D eigenvalue weighted by atomic mass is 79.9. The van der Waals surface area contributed by atoms with Crippen molar-refractivity contribution >= 4 is 44.5 Å². The monoisotopic (exact) mass is 433 g/mol. The molecule has 0 atom stereocenters. The maximum atomic E-state index is 13.1. The van der Waals surface area contributed by atoms with Gasteiger partial charge in [0.05, 0.1) is 17.6 Å². The number of hydrogen-bond acceptors (Lipinski definition) is 2. The minimum absolute atomic E-state index is 0.00471. The van der Waals surface area contributed by atoms with Gasteiger partial charge in [0.1, 0.15) is 5.82 Å². The molecule has 0 spiro atoms. The Hall–Kier alpha value is -1.85. The third kappa shape index (κ3) is 4.10. The maximum absolute atomic E-state index is 13.1. The number of benzene rings is 2. The number of rotatable bonds is 5. The van der Waals surface area contributed by atoms with Crippen LogP contribution in [0.2, 0.25) is 5.02 Å². The Morgan fingerprint density at radius 2 is 2.04 bits per heavy atom. The van der Waals surface area contributed by atoms with Gasteiger partial charge in [0.25, 0.3) is 5.91 Å². The van der Waals surface area contributed by atoms with Gasteiger partial charge in [-0.05, 0) is 42.3 Å². The molecule has 26 heavy (non-hydrogen) atoms. The molecule has 3 aromatic rings. The van der Waals surface area contributed by atoms with Crippen LogP contribution in [0.25, 0.3) is 11.0 Å². The zero-order chi connectivity index (χ0) is 18.8. The second kappa shape index (κ2) is 7.80. The molecule has 0 aliphatic rings. The lowest BCUT2D eigenvalue weighted by Crippen LogP contribution is -2.34. The quantitative estimate of drug-likeness (QED) is 0.547. The summed E-state index contributed by atoms with van der Waals surface area (Å²) < 4.78 is 2.90. The van der Waals surface area contributed by atoms with E-state index in [1.54, 1.807) is 0 Å². The van der Waals surface area contributed by atoms with Crippen molar-refractivity contribution in [1.82, 2.24) is 14.5 Å². The molecule has 136 valence electrons. The molecule has 1 aromatic heterocycles. The van der Waals surface area contributed by atoms with Gasteiger partial charge in [-0.2, -0.15) is 0 Å². The second-order valence-electron chi connectivity index (χ2n) is 6.81. The number of halogens is 2. The van der Waals surface area contributed by atoms with Gasteiger partial charge in [-0.3, -0.25) is 4.79 Å². The summed E-state index contributed by atoms with van der Waals surface area (Å²) in [4.78, 5) is 19.6. The summed E-state index contributed by atoms with van der Waals surface area (Å²) in [6, 6.07) is 13.1. The van der Waals surface area contributed by atoms with Gasteiger partial charge in [-0.1, -0.05) is 47.4 Å². The maximum Gasteiger partial charge on any atom is 0.254 e. The molecule has 0 saturated carbocycles. The Bertz CT molecular complexity index is 951. The van der Waals surface area contributed by atoms with Crippen LogP contribution in [0, 0.1) is 5.92 Å². The van der Waals surface area contributed by atoms with Crippen LogP contribution in [0.5, 0.6) is 0 Å². The Balaban J connectivity index is 1.94. The van der Waals surface area contributed by atoms with Crippen LogP contribution >= 0.6 is 27.5 Å². The zero-order valence-corrected chi connectivity index (χ0v) is 17.4. The highest BCUT2D eigenvalue weighted by molar-refractivity contribution is 9.10. The fourth-order valence-electron chi connectivity index (χ4n) is 2.99. The third-order valence-corrected chi connectivity index (χ3v) is 4.94. The SMILES string of the molecule is CC(C)CN(Cc1nc2ccc(Cl)cc2n1C)C(=O)c1cccc(Br)c1. The number of nitrogens with zero attached hydrogens (tertiary/aromatic N) is 3. The van der Waals surface area contributed by atoms with Crippen molar-refractivity contribution in [2.45, 2.75) is 20.4 Å². The van der Waals surface area contributed by atoms with Crippen molar-refractivity contribution in [1.29, 1.82) is 0 Å². The summed E-state index contributed by atoms with van der Waals surface area (Å²) in [6.45, 7) is 5.33. The van der Waals surface area contributed by atoms with Crippen LogP contribution in [0.15, 0.2) is 46.9 Å². The summed E-state index contributed by atoms with van der Waals surface area (Å²) in [5, 5.41) is 0.677. The number of fused-ring (bicyclic) bond motifs is 1. The van der Waals surface area contributed by atoms with Gasteiger partial charge < -0.3 is 9.47 Å². The van der Waals surface area contributed by atoms with Crippen LogP contribution in [0.3, 0.4) is 0 Å². The Morgan fingerprint density at radius 3 is 2.73 bits per heavy atom. The number of carbonyl (C=O) groups excluding carboxylic acids is 1. The fourth-order valence-corrected chi connectivity index (χ4v) is 3.55. The standard InChI is InChI=1S/C20H21BrClN3O/c1-13(2)11-25(20(26)14-5-4-6-15(21)9-14)12-19-23-17-8-7-16(22)10-18(17)24(19)3/h4-10,13H,11-12H2,1-3H3. The van der Waals surface area contributed by atoms with E-state index in [4.69, 9.17) is 16.6 Å². The van der Waals surface area contributed by atoms with Crippen molar-refractivity contribution in [3.8, 4) is 0 Å². The lowest BCUT2D eigenvalue weighted by molar-refractivity contribution is 0.0716. The van der Waals surface area contributed by atoms with Crippen molar-refractivity contribution in [2.75, 3.05) is 6.54 Å². The lowest BCUT2D eigenvalue weighted by Gasteiger charge is -2.24. The minimum Gasteiger partial charge on any atom is -0.331 e. The minimum atomic E-state index is 0.00471. The number of imidazole rings is 1. The third-order valence-electron chi connectivity index (χ3n) is 4.21. The topological polar surface area (TPSA) is 38.1 Å². The molecule has 6 heteroatoms. The lowest BCUT2D eigenvalue weighted by atomic mass is 10.1. The van der Waals surface area contributed by atoms with E-state index >= 15 is 0 Å². The van der Waals surface area contributed by atoms with E-state index in [0.29, 0.717) is 29.6 Å². The molecule has 1 amide bonds. The van der Waals surface area contributed by atoms with Gasteiger partial charge in [0, 0.05) is 28.7 Å². The predicted molar refractivity (Wildman–Crippen MR) is 109 cm³/mol. The highest BCUT2D eigenvalue weighted by Gasteiger charge is 2.20. The molecular formula is C20H21BrClN3O. The van der Waals surface area contributed by atoms with Crippen molar-refractivity contribution in [2.24, 2.45) is 13.0 Å². The van der Waals surface area contributed by atoms with Crippen molar-refractivity contribution < 1.29 is 4.79 Å². The molecule has 0 fully saturated rings. The zero-order valence-electron chi connectivity index (χ0n) is 15.0. The van der Waals surface area contributed by atoms with Crippen LogP contribution in [0.1, 0.15) is 30.0 Å². The highest BCUT2D eigenvalue weighted by Crippen LogP contribution is 2.22. The van der Waals surface area contributed by atoms with Crippen LogP contribution in [-0.4, -0.2) is 26.9 Å². The molecule has 1 heterocycles. The first-order valence-corrected chi connectivity index (χ1v) is 9.68. The van der Waals surface area contributed by atoms with E-state index in [1.807, 2.05) is 59.0 Å². The number of aryl methyl sites for hydroxylation is 1. The van der Waals surface area contributed by atoms with Crippen molar-refractivity contribution in [3.63, 3.8) is 0 Å². The first kappa shape index (κ1) is 18.9. The van der Waals surface area contributed by atoms with Gasteiger partial charge in [-0.15, -0.1) is 0 Å². The first-order chi connectivity index (χ1) is 12.3. The predicted octanol–water partition coefficient (Wildman–Crippen LogP) is 5.29. The van der Waals surface area contributed by atoms with Crippen LogP contribution in [0.4, 0.5) is 0 Å². The summed E-state index contributed by atoms with van der Waals surface area (Å²) in [5.41, 5.74) is 2.51.